The molecule has 6 nitrogen and oxygen atoms in total. The van der Waals surface area contributed by atoms with Gasteiger partial charge >= 0.3 is 5.97 Å². The SMILES string of the molecule is COC(=O)C1C(C)ON(Cc2ccccc2)C1C(C)OC1(C)CCCCO1. The van der Waals surface area contributed by atoms with Crippen molar-refractivity contribution < 1.29 is 23.8 Å². The molecule has 0 radical (unpaired) electrons. The van der Waals surface area contributed by atoms with Crippen LogP contribution in [-0.4, -0.2) is 48.8 Å². The van der Waals surface area contributed by atoms with Crippen molar-refractivity contribution in [2.45, 2.75) is 70.6 Å². The summed E-state index contributed by atoms with van der Waals surface area (Å²) in [5, 5.41) is 1.87. The van der Waals surface area contributed by atoms with Crippen LogP contribution >= 0.6 is 0 Å². The van der Waals surface area contributed by atoms with Crippen molar-refractivity contribution in [2.24, 2.45) is 5.92 Å². The summed E-state index contributed by atoms with van der Waals surface area (Å²) in [6.45, 7) is 7.16. The second-order valence-corrected chi connectivity index (χ2v) is 7.67. The fraction of sp³-hybridized carbons (Fsp3) is 0.667. The topological polar surface area (TPSA) is 57.2 Å². The summed E-state index contributed by atoms with van der Waals surface area (Å²) in [6, 6.07) is 9.83. The van der Waals surface area contributed by atoms with Crippen molar-refractivity contribution in [3.63, 3.8) is 0 Å². The average molecular weight is 377 g/mol. The number of hydroxylamine groups is 2. The van der Waals surface area contributed by atoms with Crippen LogP contribution in [0.1, 0.15) is 45.6 Å². The summed E-state index contributed by atoms with van der Waals surface area (Å²) < 4.78 is 17.3. The standard InChI is InChI=1S/C21H31NO5/c1-15-18(20(23)24-4)19(16(2)26-21(3)12-8-9-13-25-21)22(27-15)14-17-10-6-5-7-11-17/h5-7,10-11,15-16,18-19H,8-9,12-14H2,1-4H3. The number of methoxy groups -OCH3 is 1. The Morgan fingerprint density at radius 1 is 1.33 bits per heavy atom. The molecule has 5 unspecified atom stereocenters. The van der Waals surface area contributed by atoms with Crippen LogP contribution in [0.4, 0.5) is 0 Å². The van der Waals surface area contributed by atoms with Crippen LogP contribution in [-0.2, 0) is 30.4 Å². The number of hydrogen-bond acceptors (Lipinski definition) is 6. The Labute approximate surface area is 161 Å². The van der Waals surface area contributed by atoms with Gasteiger partial charge in [0.25, 0.3) is 0 Å². The second kappa shape index (κ2) is 8.69. The molecule has 27 heavy (non-hydrogen) atoms. The molecule has 0 spiro atoms. The van der Waals surface area contributed by atoms with Crippen LogP contribution < -0.4 is 0 Å². The molecule has 1 aromatic rings. The molecule has 2 aliphatic rings. The third kappa shape index (κ3) is 4.69. The number of esters is 1. The van der Waals surface area contributed by atoms with Crippen LogP contribution in [0.25, 0.3) is 0 Å². The molecule has 2 saturated heterocycles. The second-order valence-electron chi connectivity index (χ2n) is 7.67. The average Bonchev–Trinajstić information content (AvgIpc) is 2.98. The van der Waals surface area contributed by atoms with Crippen LogP contribution in [0.2, 0.25) is 0 Å². The van der Waals surface area contributed by atoms with Crippen LogP contribution in [0.3, 0.4) is 0 Å². The number of hydrogen-bond donors (Lipinski definition) is 0. The molecular formula is C21H31NO5. The minimum absolute atomic E-state index is 0.255. The van der Waals surface area contributed by atoms with Gasteiger partial charge in [-0.25, -0.2) is 0 Å². The van der Waals surface area contributed by atoms with Gasteiger partial charge in [-0.15, -0.1) is 0 Å². The maximum atomic E-state index is 12.5. The van der Waals surface area contributed by atoms with E-state index in [2.05, 4.69) is 0 Å². The van der Waals surface area contributed by atoms with E-state index in [4.69, 9.17) is 19.0 Å². The molecule has 0 bridgehead atoms. The smallest absolute Gasteiger partial charge is 0.313 e. The molecule has 0 aliphatic carbocycles. The van der Waals surface area contributed by atoms with Gasteiger partial charge in [0.2, 0.25) is 0 Å². The summed E-state index contributed by atoms with van der Waals surface area (Å²) >= 11 is 0. The van der Waals surface area contributed by atoms with Gasteiger partial charge in [-0.1, -0.05) is 30.3 Å². The zero-order valence-electron chi connectivity index (χ0n) is 16.7. The summed E-state index contributed by atoms with van der Waals surface area (Å²) in [7, 11) is 1.42. The van der Waals surface area contributed by atoms with Crippen molar-refractivity contribution in [1.29, 1.82) is 0 Å². The molecule has 0 saturated carbocycles. The quantitative estimate of drug-likeness (QED) is 0.709. The van der Waals surface area contributed by atoms with Crippen molar-refractivity contribution in [3.05, 3.63) is 35.9 Å². The molecule has 2 heterocycles. The highest BCUT2D eigenvalue weighted by molar-refractivity contribution is 5.74. The maximum absolute atomic E-state index is 12.5. The first-order valence-electron chi connectivity index (χ1n) is 9.80. The van der Waals surface area contributed by atoms with Crippen LogP contribution in [0.5, 0.6) is 0 Å². The lowest BCUT2D eigenvalue weighted by atomic mass is 9.91. The number of carbonyl (C=O) groups excluding carboxylic acids is 1. The van der Waals surface area contributed by atoms with E-state index < -0.39 is 11.7 Å². The van der Waals surface area contributed by atoms with Gasteiger partial charge in [-0.2, -0.15) is 5.06 Å². The minimum Gasteiger partial charge on any atom is -0.469 e. The summed E-state index contributed by atoms with van der Waals surface area (Å²) in [5.41, 5.74) is 1.12. The molecule has 150 valence electrons. The van der Waals surface area contributed by atoms with E-state index in [0.717, 1.165) is 24.8 Å². The van der Waals surface area contributed by atoms with Crippen molar-refractivity contribution in [3.8, 4) is 0 Å². The number of benzene rings is 1. The lowest BCUT2D eigenvalue weighted by Gasteiger charge is -2.39. The maximum Gasteiger partial charge on any atom is 0.313 e. The molecule has 1 aromatic carbocycles. The Morgan fingerprint density at radius 3 is 2.70 bits per heavy atom. The highest BCUT2D eigenvalue weighted by Gasteiger charge is 2.50. The Kier molecular flexibility index (Phi) is 6.52. The first-order valence-corrected chi connectivity index (χ1v) is 9.80. The molecule has 0 amide bonds. The Bertz CT molecular complexity index is 616. The van der Waals surface area contributed by atoms with E-state index in [1.165, 1.54) is 7.11 Å². The normalized spacial score (nSPS) is 33.0. The van der Waals surface area contributed by atoms with Crippen molar-refractivity contribution >= 4 is 5.97 Å². The van der Waals surface area contributed by atoms with E-state index in [1.807, 2.05) is 56.2 Å². The monoisotopic (exact) mass is 377 g/mol. The first kappa shape index (κ1) is 20.3. The first-order chi connectivity index (χ1) is 12.9. The van der Waals surface area contributed by atoms with Crippen LogP contribution in [0.15, 0.2) is 30.3 Å². The molecule has 0 N–H and O–H groups in total. The van der Waals surface area contributed by atoms with E-state index in [9.17, 15) is 4.79 Å². The number of carbonyl (C=O) groups is 1. The van der Waals surface area contributed by atoms with Crippen molar-refractivity contribution in [2.75, 3.05) is 13.7 Å². The highest BCUT2D eigenvalue weighted by atomic mass is 16.7. The van der Waals surface area contributed by atoms with Crippen LogP contribution in [0, 0.1) is 5.92 Å². The Morgan fingerprint density at radius 2 is 2.07 bits per heavy atom. The van der Waals surface area contributed by atoms with Gasteiger partial charge in [0.1, 0.15) is 5.92 Å². The lowest BCUT2D eigenvalue weighted by molar-refractivity contribution is -0.280. The molecule has 3 rings (SSSR count). The number of nitrogens with zero attached hydrogens (tertiary/aromatic N) is 1. The van der Waals surface area contributed by atoms with Gasteiger partial charge in [-0.05, 0) is 39.2 Å². The van der Waals surface area contributed by atoms with Gasteiger partial charge in [-0.3, -0.25) is 9.63 Å². The zero-order valence-corrected chi connectivity index (χ0v) is 16.7. The summed E-state index contributed by atoms with van der Waals surface area (Å²) in [6.07, 6.45) is 2.45. The Hall–Kier alpha value is -1.47. The van der Waals surface area contributed by atoms with Crippen molar-refractivity contribution in [1.82, 2.24) is 5.06 Å². The fourth-order valence-electron chi connectivity index (χ4n) is 4.17. The van der Waals surface area contributed by atoms with E-state index in [-0.39, 0.29) is 24.2 Å². The molecule has 6 heteroatoms. The molecular weight excluding hydrogens is 346 g/mol. The van der Waals surface area contributed by atoms with Gasteiger partial charge in [0, 0.05) is 13.0 Å². The predicted octanol–water partition coefficient (Wildman–Crippen LogP) is 3.30. The minimum atomic E-state index is -0.622. The van der Waals surface area contributed by atoms with Gasteiger partial charge in [0.05, 0.1) is 32.0 Å². The molecule has 2 fully saturated rings. The largest absolute Gasteiger partial charge is 0.469 e. The zero-order chi connectivity index (χ0) is 19.4. The third-order valence-corrected chi connectivity index (χ3v) is 5.51. The lowest BCUT2D eigenvalue weighted by Crippen LogP contribution is -2.49. The van der Waals surface area contributed by atoms with E-state index in [0.29, 0.717) is 13.2 Å². The van der Waals surface area contributed by atoms with E-state index in [1.54, 1.807) is 0 Å². The molecule has 0 aromatic heterocycles. The fourth-order valence-corrected chi connectivity index (χ4v) is 4.17. The summed E-state index contributed by atoms with van der Waals surface area (Å²) in [4.78, 5) is 18.6. The molecule has 2 aliphatic heterocycles. The van der Waals surface area contributed by atoms with Gasteiger partial charge < -0.3 is 14.2 Å². The molecule has 5 atom stereocenters. The van der Waals surface area contributed by atoms with E-state index >= 15 is 0 Å². The third-order valence-electron chi connectivity index (χ3n) is 5.51. The van der Waals surface area contributed by atoms with Gasteiger partial charge in [0.15, 0.2) is 5.79 Å². The highest BCUT2D eigenvalue weighted by Crippen LogP contribution is 2.36. The number of ether oxygens (including phenoxy) is 3. The summed E-state index contributed by atoms with van der Waals surface area (Å²) in [5.74, 6) is -1.31. The Balaban J connectivity index is 1.80. The predicted molar refractivity (Wildman–Crippen MR) is 101 cm³/mol. The number of rotatable bonds is 6.